The molecule has 2 aromatic rings. The molecule has 0 radical (unpaired) electrons. The molecule has 1 amide bonds. The van der Waals surface area contributed by atoms with Crippen LogP contribution in [0.1, 0.15) is 32.1 Å². The zero-order chi connectivity index (χ0) is 16.5. The average Bonchev–Trinajstić information content (AvgIpc) is 2.87. The molecular weight excluding hydrogens is 358 g/mol. The Kier molecular flexibility index (Phi) is 4.37. The third kappa shape index (κ3) is 3.52. The van der Waals surface area contributed by atoms with Gasteiger partial charge in [-0.1, -0.05) is 54.0 Å². The van der Waals surface area contributed by atoms with Crippen molar-refractivity contribution < 1.29 is 18.1 Å². The Labute approximate surface area is 135 Å². The number of amides is 1. The quantitative estimate of drug-likeness (QED) is 0.864. The van der Waals surface area contributed by atoms with E-state index in [0.29, 0.717) is 10.2 Å². The van der Waals surface area contributed by atoms with Gasteiger partial charge >= 0.3 is 11.8 Å². The fourth-order valence-electron chi connectivity index (χ4n) is 1.67. The molecule has 1 aromatic carbocycles. The summed E-state index contributed by atoms with van der Waals surface area (Å²) in [6.07, 6.45) is 0. The second kappa shape index (κ2) is 5.79. The van der Waals surface area contributed by atoms with Crippen LogP contribution in [0.5, 0.6) is 0 Å². The van der Waals surface area contributed by atoms with Gasteiger partial charge in [-0.15, -0.1) is 0 Å². The molecule has 0 bridgehead atoms. The van der Waals surface area contributed by atoms with Gasteiger partial charge in [0.2, 0.25) is 0 Å². The van der Waals surface area contributed by atoms with Gasteiger partial charge in [0.05, 0.1) is 0 Å². The van der Waals surface area contributed by atoms with Crippen LogP contribution in [0.4, 0.5) is 14.6 Å². The van der Waals surface area contributed by atoms with Gasteiger partial charge in [0, 0.05) is 21.5 Å². The number of hydrogen-bond acceptors (Lipinski definition) is 3. The van der Waals surface area contributed by atoms with Crippen LogP contribution in [0.25, 0.3) is 0 Å². The molecule has 1 heterocycles. The van der Waals surface area contributed by atoms with Crippen LogP contribution in [0.3, 0.4) is 0 Å². The molecule has 118 valence electrons. The lowest BCUT2D eigenvalue weighted by Gasteiger charge is -2.15. The van der Waals surface area contributed by atoms with E-state index in [0.717, 1.165) is 0 Å². The van der Waals surface area contributed by atoms with Crippen LogP contribution in [-0.4, -0.2) is 11.1 Å². The number of nitrogens with one attached hydrogen (secondary N) is 1. The lowest BCUT2D eigenvalue weighted by Crippen LogP contribution is -2.32. The molecule has 1 aromatic heterocycles. The second-order valence-electron chi connectivity index (χ2n) is 5.86. The topological polar surface area (TPSA) is 55.1 Å². The lowest BCUT2D eigenvalue weighted by molar-refractivity contribution is -0.141. The molecule has 4 nitrogen and oxygen atoms in total. The lowest BCUT2D eigenvalue weighted by atomic mass is 9.93. The van der Waals surface area contributed by atoms with Gasteiger partial charge in [-0.2, -0.15) is 8.78 Å². The standard InChI is InChI=1S/C15H15BrF2N2O2/c1-14(2,3)11-8-12(20-22-11)19-13(21)15(17,18)9-4-6-10(16)7-5-9/h4-8H,1-3H3,(H,19,20,21). The van der Waals surface area contributed by atoms with Gasteiger partial charge in [0.25, 0.3) is 0 Å². The summed E-state index contributed by atoms with van der Waals surface area (Å²) in [5.41, 5.74) is -0.725. The number of halogens is 3. The first-order valence-electron chi connectivity index (χ1n) is 6.53. The minimum atomic E-state index is -3.67. The fourth-order valence-corrected chi connectivity index (χ4v) is 1.94. The molecule has 0 spiro atoms. The summed E-state index contributed by atoms with van der Waals surface area (Å²) in [4.78, 5) is 11.8. The highest BCUT2D eigenvalue weighted by Gasteiger charge is 2.41. The number of alkyl halides is 2. The Morgan fingerprint density at radius 1 is 1.23 bits per heavy atom. The minimum Gasteiger partial charge on any atom is -0.359 e. The van der Waals surface area contributed by atoms with Gasteiger partial charge in [-0.3, -0.25) is 4.79 Å². The van der Waals surface area contributed by atoms with Crippen LogP contribution in [0.15, 0.2) is 39.3 Å². The Balaban J connectivity index is 2.17. The predicted octanol–water partition coefficient (Wildman–Crippen LogP) is 4.47. The normalized spacial score (nSPS) is 12.3. The molecule has 0 aliphatic rings. The molecule has 7 heteroatoms. The number of nitrogens with zero attached hydrogens (tertiary/aromatic N) is 1. The van der Waals surface area contributed by atoms with Gasteiger partial charge in [0.1, 0.15) is 5.76 Å². The zero-order valence-electron chi connectivity index (χ0n) is 12.3. The maximum absolute atomic E-state index is 14.1. The summed E-state index contributed by atoms with van der Waals surface area (Å²) in [6, 6.07) is 6.71. The minimum absolute atomic E-state index is 0.0355. The van der Waals surface area contributed by atoms with E-state index in [1.807, 2.05) is 20.8 Å². The maximum Gasteiger partial charge on any atom is 0.350 e. The first-order valence-corrected chi connectivity index (χ1v) is 7.32. The average molecular weight is 373 g/mol. The van der Waals surface area contributed by atoms with Crippen LogP contribution >= 0.6 is 15.9 Å². The van der Waals surface area contributed by atoms with Crippen LogP contribution in [0, 0.1) is 0 Å². The summed E-state index contributed by atoms with van der Waals surface area (Å²) in [6.45, 7) is 5.65. The van der Waals surface area contributed by atoms with E-state index in [2.05, 4.69) is 26.4 Å². The van der Waals surface area contributed by atoms with E-state index in [1.165, 1.54) is 30.3 Å². The number of aromatic nitrogens is 1. The fraction of sp³-hybridized carbons (Fsp3) is 0.333. The third-order valence-electron chi connectivity index (χ3n) is 2.98. The highest BCUT2D eigenvalue weighted by molar-refractivity contribution is 9.10. The molecule has 22 heavy (non-hydrogen) atoms. The Morgan fingerprint density at radius 2 is 1.82 bits per heavy atom. The Bertz CT molecular complexity index is 676. The zero-order valence-corrected chi connectivity index (χ0v) is 13.9. The summed E-state index contributed by atoms with van der Waals surface area (Å²) >= 11 is 3.16. The molecule has 1 N–H and O–H groups in total. The number of carbonyl (C=O) groups is 1. The van der Waals surface area contributed by atoms with Gasteiger partial charge < -0.3 is 9.84 Å². The summed E-state index contributed by atoms with van der Waals surface area (Å²) in [7, 11) is 0. The van der Waals surface area contributed by atoms with Crippen molar-refractivity contribution >= 4 is 27.7 Å². The van der Waals surface area contributed by atoms with E-state index < -0.39 is 17.4 Å². The molecule has 0 aliphatic carbocycles. The van der Waals surface area contributed by atoms with Crippen LogP contribution in [-0.2, 0) is 16.1 Å². The van der Waals surface area contributed by atoms with Crippen LogP contribution in [0.2, 0.25) is 0 Å². The van der Waals surface area contributed by atoms with E-state index in [-0.39, 0.29) is 11.2 Å². The van der Waals surface area contributed by atoms with E-state index in [9.17, 15) is 13.6 Å². The molecule has 2 rings (SSSR count). The van der Waals surface area contributed by atoms with Crippen molar-refractivity contribution in [3.8, 4) is 0 Å². The molecular formula is C15H15BrF2N2O2. The molecule has 0 saturated heterocycles. The van der Waals surface area contributed by atoms with Crippen molar-refractivity contribution in [2.75, 3.05) is 5.32 Å². The van der Waals surface area contributed by atoms with Crippen molar-refractivity contribution in [2.45, 2.75) is 32.1 Å². The van der Waals surface area contributed by atoms with Gasteiger partial charge in [0.15, 0.2) is 5.82 Å². The van der Waals surface area contributed by atoms with Crippen molar-refractivity contribution in [1.29, 1.82) is 0 Å². The number of carbonyl (C=O) groups excluding carboxylic acids is 1. The molecule has 0 unspecified atom stereocenters. The first kappa shape index (κ1) is 16.6. The Morgan fingerprint density at radius 3 is 2.32 bits per heavy atom. The maximum atomic E-state index is 14.1. The highest BCUT2D eigenvalue weighted by atomic mass is 79.9. The van der Waals surface area contributed by atoms with Gasteiger partial charge in [-0.25, -0.2) is 0 Å². The van der Waals surface area contributed by atoms with Crippen molar-refractivity contribution in [3.63, 3.8) is 0 Å². The third-order valence-corrected chi connectivity index (χ3v) is 3.51. The second-order valence-corrected chi connectivity index (χ2v) is 6.78. The predicted molar refractivity (Wildman–Crippen MR) is 81.9 cm³/mol. The summed E-state index contributed by atoms with van der Waals surface area (Å²) in [5.74, 6) is -4.66. The van der Waals surface area contributed by atoms with E-state index in [1.54, 1.807) is 0 Å². The number of rotatable bonds is 3. The largest absolute Gasteiger partial charge is 0.359 e. The number of benzene rings is 1. The van der Waals surface area contributed by atoms with E-state index in [4.69, 9.17) is 4.52 Å². The molecule has 0 atom stereocenters. The van der Waals surface area contributed by atoms with Gasteiger partial charge in [-0.05, 0) is 12.1 Å². The monoisotopic (exact) mass is 372 g/mol. The first-order chi connectivity index (χ1) is 10.1. The summed E-state index contributed by atoms with van der Waals surface area (Å²) in [5, 5.41) is 5.68. The summed E-state index contributed by atoms with van der Waals surface area (Å²) < 4.78 is 33.9. The number of hydrogen-bond donors (Lipinski definition) is 1. The smallest absolute Gasteiger partial charge is 0.350 e. The SMILES string of the molecule is CC(C)(C)c1cc(NC(=O)C(F)(F)c2ccc(Br)cc2)no1. The number of anilines is 1. The van der Waals surface area contributed by atoms with Crippen molar-refractivity contribution in [1.82, 2.24) is 5.16 Å². The van der Waals surface area contributed by atoms with E-state index >= 15 is 0 Å². The van der Waals surface area contributed by atoms with Crippen molar-refractivity contribution in [2.24, 2.45) is 0 Å². The highest BCUT2D eigenvalue weighted by Crippen LogP contribution is 2.31. The van der Waals surface area contributed by atoms with Crippen LogP contribution < -0.4 is 5.32 Å². The molecule has 0 aliphatic heterocycles. The molecule has 0 fully saturated rings. The Hall–Kier alpha value is -1.76. The van der Waals surface area contributed by atoms with Crippen molar-refractivity contribution in [3.05, 3.63) is 46.1 Å². The molecule has 0 saturated carbocycles.